The summed E-state index contributed by atoms with van der Waals surface area (Å²) in [7, 11) is 3.40. The summed E-state index contributed by atoms with van der Waals surface area (Å²) < 4.78 is 4.90. The average Bonchev–Trinajstić information content (AvgIpc) is 2.38. The molecule has 1 rings (SSSR count). The quantitative estimate of drug-likeness (QED) is 0.798. The molecule has 4 heteroatoms. The first kappa shape index (κ1) is 15.5. The molecule has 0 aliphatic carbocycles. The fourth-order valence-electron chi connectivity index (χ4n) is 2.17. The summed E-state index contributed by atoms with van der Waals surface area (Å²) >= 11 is 0. The molecule has 106 valence electrons. The highest BCUT2D eigenvalue weighted by Gasteiger charge is 2.34. The number of anilines is 1. The Hall–Kier alpha value is -1.55. The van der Waals surface area contributed by atoms with Crippen LogP contribution in [0.15, 0.2) is 24.3 Å². The lowest BCUT2D eigenvalue weighted by atomic mass is 10.0. The Labute approximate surface area is 115 Å². The highest BCUT2D eigenvalue weighted by atomic mass is 16.5. The monoisotopic (exact) mass is 264 g/mol. The van der Waals surface area contributed by atoms with E-state index in [1.807, 2.05) is 20.9 Å². The first-order valence-corrected chi connectivity index (χ1v) is 6.54. The molecule has 0 aliphatic rings. The number of carbonyl (C=O) groups excluding carboxylic acids is 1. The summed E-state index contributed by atoms with van der Waals surface area (Å²) in [6.07, 6.45) is 0. The van der Waals surface area contributed by atoms with Crippen LogP contribution in [0.1, 0.15) is 19.4 Å². The van der Waals surface area contributed by atoms with Crippen LogP contribution in [0.25, 0.3) is 0 Å². The number of rotatable bonds is 6. The topological polar surface area (TPSA) is 41.6 Å². The van der Waals surface area contributed by atoms with Crippen molar-refractivity contribution in [1.29, 1.82) is 0 Å². The average molecular weight is 264 g/mol. The molecular weight excluding hydrogens is 240 g/mol. The number of hydrogen-bond acceptors (Lipinski definition) is 4. The second-order valence-electron chi connectivity index (χ2n) is 5.05. The van der Waals surface area contributed by atoms with Gasteiger partial charge in [-0.1, -0.05) is 24.6 Å². The maximum absolute atomic E-state index is 11.9. The Morgan fingerprint density at radius 2 is 1.95 bits per heavy atom. The molecule has 1 atom stereocenters. The summed E-state index contributed by atoms with van der Waals surface area (Å²) in [6, 6.07) is 8.24. The Bertz CT molecular complexity index is 417. The lowest BCUT2D eigenvalue weighted by Crippen LogP contribution is -2.56. The largest absolute Gasteiger partial charge is 0.468 e. The van der Waals surface area contributed by atoms with E-state index in [-0.39, 0.29) is 5.97 Å². The smallest absolute Gasteiger partial charge is 0.327 e. The van der Waals surface area contributed by atoms with Gasteiger partial charge >= 0.3 is 5.97 Å². The molecule has 0 saturated carbocycles. The molecule has 1 N–H and O–H groups in total. The maximum atomic E-state index is 11.9. The van der Waals surface area contributed by atoms with Crippen molar-refractivity contribution in [3.63, 3.8) is 0 Å². The molecule has 0 aliphatic heterocycles. The molecule has 1 aromatic rings. The van der Waals surface area contributed by atoms with Crippen LogP contribution in [0.5, 0.6) is 0 Å². The van der Waals surface area contributed by atoms with E-state index in [1.54, 1.807) is 0 Å². The number of hydrogen-bond donors (Lipinski definition) is 1. The third-order valence-electron chi connectivity index (χ3n) is 3.23. The number of benzene rings is 1. The van der Waals surface area contributed by atoms with E-state index in [4.69, 9.17) is 4.74 Å². The molecule has 0 aromatic heterocycles. The van der Waals surface area contributed by atoms with Gasteiger partial charge in [0, 0.05) is 19.3 Å². The molecule has 0 bridgehead atoms. The van der Waals surface area contributed by atoms with Crippen LogP contribution >= 0.6 is 0 Å². The van der Waals surface area contributed by atoms with Gasteiger partial charge in [-0.25, -0.2) is 4.79 Å². The maximum Gasteiger partial charge on any atom is 0.327 e. The van der Waals surface area contributed by atoms with Gasteiger partial charge in [-0.3, -0.25) is 0 Å². The van der Waals surface area contributed by atoms with E-state index in [0.29, 0.717) is 13.1 Å². The van der Waals surface area contributed by atoms with Crippen LogP contribution in [-0.2, 0) is 9.53 Å². The molecular formula is C15H24N2O2. The van der Waals surface area contributed by atoms with Crippen molar-refractivity contribution in [1.82, 2.24) is 5.32 Å². The number of carbonyl (C=O) groups is 1. The van der Waals surface area contributed by atoms with Crippen LogP contribution in [0.3, 0.4) is 0 Å². The first-order valence-electron chi connectivity index (χ1n) is 6.54. The van der Waals surface area contributed by atoms with Crippen molar-refractivity contribution in [3.8, 4) is 0 Å². The van der Waals surface area contributed by atoms with Gasteiger partial charge in [0.1, 0.15) is 5.54 Å². The zero-order chi connectivity index (χ0) is 14.5. The van der Waals surface area contributed by atoms with Gasteiger partial charge in [-0.05, 0) is 32.5 Å². The standard InChI is InChI=1S/C15H24N2O2/c1-6-16-15(3,14(18)19-5)11-17(4)13-9-7-12(2)8-10-13/h7-10,16H,6,11H2,1-5H3. The SMILES string of the molecule is CCNC(C)(CN(C)c1ccc(C)cc1)C(=O)OC. The van der Waals surface area contributed by atoms with Crippen LogP contribution in [0.2, 0.25) is 0 Å². The molecule has 1 unspecified atom stereocenters. The number of ether oxygens (including phenoxy) is 1. The van der Waals surface area contributed by atoms with Gasteiger partial charge in [-0.2, -0.15) is 0 Å². The Morgan fingerprint density at radius 3 is 2.42 bits per heavy atom. The fraction of sp³-hybridized carbons (Fsp3) is 0.533. The second-order valence-corrected chi connectivity index (χ2v) is 5.05. The first-order chi connectivity index (χ1) is 8.92. The third kappa shape index (κ3) is 3.96. The normalized spacial score (nSPS) is 13.7. The van der Waals surface area contributed by atoms with Crippen molar-refractivity contribution in [2.24, 2.45) is 0 Å². The summed E-state index contributed by atoms with van der Waals surface area (Å²) in [4.78, 5) is 14.0. The zero-order valence-electron chi connectivity index (χ0n) is 12.5. The summed E-state index contributed by atoms with van der Waals surface area (Å²) in [5, 5.41) is 3.21. The van der Waals surface area contributed by atoms with Crippen molar-refractivity contribution in [2.45, 2.75) is 26.3 Å². The van der Waals surface area contributed by atoms with Crippen molar-refractivity contribution in [3.05, 3.63) is 29.8 Å². The third-order valence-corrected chi connectivity index (χ3v) is 3.23. The highest BCUT2D eigenvalue weighted by molar-refractivity contribution is 5.81. The van der Waals surface area contributed by atoms with Crippen LogP contribution in [0.4, 0.5) is 5.69 Å². The lowest BCUT2D eigenvalue weighted by Gasteiger charge is -2.33. The van der Waals surface area contributed by atoms with E-state index < -0.39 is 5.54 Å². The van der Waals surface area contributed by atoms with E-state index in [2.05, 4.69) is 41.4 Å². The number of likely N-dealkylation sites (N-methyl/N-ethyl adjacent to an activating group) is 2. The number of nitrogens with zero attached hydrogens (tertiary/aromatic N) is 1. The minimum atomic E-state index is -0.705. The number of nitrogens with one attached hydrogen (secondary N) is 1. The lowest BCUT2D eigenvalue weighted by molar-refractivity contribution is -0.147. The fourth-order valence-corrected chi connectivity index (χ4v) is 2.17. The second kappa shape index (κ2) is 6.57. The van der Waals surface area contributed by atoms with Gasteiger partial charge < -0.3 is 15.0 Å². The van der Waals surface area contributed by atoms with Crippen molar-refractivity contribution < 1.29 is 9.53 Å². The van der Waals surface area contributed by atoms with Crippen LogP contribution < -0.4 is 10.2 Å². The van der Waals surface area contributed by atoms with Crippen molar-refractivity contribution in [2.75, 3.05) is 32.1 Å². The van der Waals surface area contributed by atoms with Gasteiger partial charge in [0.05, 0.1) is 7.11 Å². The predicted molar refractivity (Wildman–Crippen MR) is 78.5 cm³/mol. The van der Waals surface area contributed by atoms with E-state index in [9.17, 15) is 4.79 Å². The molecule has 0 spiro atoms. The summed E-state index contributed by atoms with van der Waals surface area (Å²) in [6.45, 7) is 7.17. The summed E-state index contributed by atoms with van der Waals surface area (Å²) in [5.74, 6) is -0.242. The number of esters is 1. The molecule has 0 saturated heterocycles. The van der Waals surface area contributed by atoms with E-state index in [0.717, 1.165) is 5.69 Å². The molecule has 0 radical (unpaired) electrons. The zero-order valence-corrected chi connectivity index (χ0v) is 12.5. The highest BCUT2D eigenvalue weighted by Crippen LogP contribution is 2.17. The molecule has 1 aromatic carbocycles. The molecule has 19 heavy (non-hydrogen) atoms. The minimum absolute atomic E-state index is 0.242. The van der Waals surface area contributed by atoms with Gasteiger partial charge in [0.2, 0.25) is 0 Å². The van der Waals surface area contributed by atoms with Crippen LogP contribution in [0, 0.1) is 6.92 Å². The van der Waals surface area contributed by atoms with E-state index >= 15 is 0 Å². The molecule has 4 nitrogen and oxygen atoms in total. The van der Waals surface area contributed by atoms with E-state index in [1.165, 1.54) is 12.7 Å². The minimum Gasteiger partial charge on any atom is -0.468 e. The molecule has 0 heterocycles. The Kier molecular flexibility index (Phi) is 5.36. The number of aryl methyl sites for hydroxylation is 1. The number of methoxy groups -OCH3 is 1. The summed E-state index contributed by atoms with van der Waals surface area (Å²) in [5.41, 5.74) is 1.60. The van der Waals surface area contributed by atoms with Gasteiger partial charge in [0.15, 0.2) is 0 Å². The predicted octanol–water partition coefficient (Wildman–Crippen LogP) is 1.97. The molecule has 0 amide bonds. The van der Waals surface area contributed by atoms with Crippen molar-refractivity contribution >= 4 is 11.7 Å². The Balaban J connectivity index is 2.84. The van der Waals surface area contributed by atoms with Gasteiger partial charge in [-0.15, -0.1) is 0 Å². The van der Waals surface area contributed by atoms with Gasteiger partial charge in [0.25, 0.3) is 0 Å². The molecule has 0 fully saturated rings. The van der Waals surface area contributed by atoms with Crippen LogP contribution in [-0.4, -0.2) is 38.8 Å². The Morgan fingerprint density at radius 1 is 1.37 bits per heavy atom.